The monoisotopic (exact) mass is 282 g/mol. The van der Waals surface area contributed by atoms with E-state index in [2.05, 4.69) is 16.3 Å². The average Bonchev–Trinajstić information content (AvgIpc) is 2.97. The molecule has 0 radical (unpaired) electrons. The zero-order valence-electron chi connectivity index (χ0n) is 11.9. The molecule has 0 spiro atoms. The van der Waals surface area contributed by atoms with Gasteiger partial charge in [-0.2, -0.15) is 5.10 Å². The van der Waals surface area contributed by atoms with Gasteiger partial charge in [0, 0.05) is 24.3 Å². The molecule has 1 unspecified atom stereocenters. The zero-order valence-corrected chi connectivity index (χ0v) is 11.9. The van der Waals surface area contributed by atoms with Crippen LogP contribution < -0.4 is 11.1 Å². The maximum Gasteiger partial charge on any atom is 0.272 e. The number of nitrogens with one attached hydrogen (secondary N) is 1. The Kier molecular flexibility index (Phi) is 4.62. The lowest BCUT2D eigenvalue weighted by Gasteiger charge is -2.12. The first-order valence-electron chi connectivity index (χ1n) is 6.80. The second-order valence-electron chi connectivity index (χ2n) is 4.72. The van der Waals surface area contributed by atoms with Gasteiger partial charge in [-0.15, -0.1) is 12.3 Å². The molecule has 0 bridgehead atoms. The minimum Gasteiger partial charge on any atom is -0.399 e. The van der Waals surface area contributed by atoms with Crippen molar-refractivity contribution in [1.82, 2.24) is 15.1 Å². The van der Waals surface area contributed by atoms with E-state index in [1.807, 2.05) is 19.1 Å². The molecule has 2 rings (SSSR count). The molecule has 1 aromatic carbocycles. The normalized spacial score (nSPS) is 11.6. The van der Waals surface area contributed by atoms with Crippen LogP contribution in [0.5, 0.6) is 0 Å². The van der Waals surface area contributed by atoms with Gasteiger partial charge < -0.3 is 11.1 Å². The molecule has 1 amide bonds. The largest absolute Gasteiger partial charge is 0.399 e. The van der Waals surface area contributed by atoms with E-state index in [0.29, 0.717) is 17.8 Å². The van der Waals surface area contributed by atoms with Crippen molar-refractivity contribution in [2.75, 3.05) is 5.73 Å². The summed E-state index contributed by atoms with van der Waals surface area (Å²) in [7, 11) is 0. The number of carbonyl (C=O) groups excluding carboxylic acids is 1. The van der Waals surface area contributed by atoms with Crippen LogP contribution in [-0.2, 0) is 0 Å². The number of benzene rings is 1. The number of aromatic nitrogens is 2. The Labute approximate surface area is 124 Å². The summed E-state index contributed by atoms with van der Waals surface area (Å²) >= 11 is 0. The van der Waals surface area contributed by atoms with Crippen LogP contribution in [0.1, 0.15) is 30.3 Å². The third kappa shape index (κ3) is 3.63. The van der Waals surface area contributed by atoms with E-state index in [0.717, 1.165) is 12.1 Å². The highest BCUT2D eigenvalue weighted by Gasteiger charge is 2.14. The smallest absolute Gasteiger partial charge is 0.272 e. The van der Waals surface area contributed by atoms with Crippen LogP contribution in [0.4, 0.5) is 5.69 Å². The molecule has 0 saturated heterocycles. The predicted octanol–water partition coefficient (Wildman–Crippen LogP) is 1.99. The summed E-state index contributed by atoms with van der Waals surface area (Å²) in [6.45, 7) is 1.98. The van der Waals surface area contributed by atoms with Gasteiger partial charge in [0.2, 0.25) is 0 Å². The van der Waals surface area contributed by atoms with E-state index in [1.54, 1.807) is 29.1 Å². The molecule has 5 nitrogen and oxygen atoms in total. The topological polar surface area (TPSA) is 72.9 Å². The maximum atomic E-state index is 12.1. The summed E-state index contributed by atoms with van der Waals surface area (Å²) in [5.74, 6) is 2.34. The van der Waals surface area contributed by atoms with E-state index in [9.17, 15) is 4.79 Å². The van der Waals surface area contributed by atoms with E-state index in [1.165, 1.54) is 0 Å². The summed E-state index contributed by atoms with van der Waals surface area (Å²) in [5, 5.41) is 7.15. The molecule has 1 aromatic heterocycles. The van der Waals surface area contributed by atoms with Crippen molar-refractivity contribution in [2.24, 2.45) is 0 Å². The molecule has 0 aliphatic rings. The van der Waals surface area contributed by atoms with Crippen LogP contribution in [0.25, 0.3) is 5.69 Å². The van der Waals surface area contributed by atoms with Crippen molar-refractivity contribution in [1.29, 1.82) is 0 Å². The molecule has 21 heavy (non-hydrogen) atoms. The number of hydrogen-bond acceptors (Lipinski definition) is 3. The standard InChI is InChI=1S/C16H18N4O/c1-3-5-13(4-2)18-16(21)15-10-11-20(19-15)14-8-6-12(17)7-9-14/h1,6-11,13H,4-5,17H2,2H3,(H,18,21). The predicted molar refractivity (Wildman–Crippen MR) is 83.0 cm³/mol. The first kappa shape index (κ1) is 14.7. The number of nitrogens with two attached hydrogens (primary N) is 1. The summed E-state index contributed by atoms with van der Waals surface area (Å²) in [4.78, 5) is 12.1. The quantitative estimate of drug-likeness (QED) is 0.650. The molecule has 108 valence electrons. The highest BCUT2D eigenvalue weighted by atomic mass is 16.2. The van der Waals surface area contributed by atoms with Gasteiger partial charge in [-0.25, -0.2) is 4.68 Å². The molecular weight excluding hydrogens is 264 g/mol. The minimum absolute atomic E-state index is 0.0239. The van der Waals surface area contributed by atoms with Gasteiger partial charge in [-0.1, -0.05) is 6.92 Å². The number of hydrogen-bond donors (Lipinski definition) is 2. The molecule has 2 aromatic rings. The minimum atomic E-state index is -0.216. The Balaban J connectivity index is 2.10. The molecule has 5 heteroatoms. The second-order valence-corrected chi connectivity index (χ2v) is 4.72. The molecular formula is C16H18N4O. The van der Waals surface area contributed by atoms with Crippen LogP contribution in [0, 0.1) is 12.3 Å². The van der Waals surface area contributed by atoms with Crippen molar-refractivity contribution >= 4 is 11.6 Å². The van der Waals surface area contributed by atoms with Crippen molar-refractivity contribution in [2.45, 2.75) is 25.8 Å². The van der Waals surface area contributed by atoms with Gasteiger partial charge in [-0.05, 0) is 36.8 Å². The molecule has 0 saturated carbocycles. The fourth-order valence-corrected chi connectivity index (χ4v) is 1.91. The number of carbonyl (C=O) groups is 1. The van der Waals surface area contributed by atoms with Gasteiger partial charge in [0.15, 0.2) is 5.69 Å². The van der Waals surface area contributed by atoms with Gasteiger partial charge in [-0.3, -0.25) is 4.79 Å². The number of nitrogens with zero attached hydrogens (tertiary/aromatic N) is 2. The maximum absolute atomic E-state index is 12.1. The van der Waals surface area contributed by atoms with E-state index in [-0.39, 0.29) is 11.9 Å². The van der Waals surface area contributed by atoms with Gasteiger partial charge in [0.1, 0.15) is 0 Å². The summed E-state index contributed by atoms with van der Waals surface area (Å²) in [6.07, 6.45) is 8.32. The summed E-state index contributed by atoms with van der Waals surface area (Å²) in [5.41, 5.74) is 7.54. The molecule has 0 aliphatic carbocycles. The van der Waals surface area contributed by atoms with E-state index in [4.69, 9.17) is 12.2 Å². The number of terminal acetylenes is 1. The van der Waals surface area contributed by atoms with Crippen LogP contribution >= 0.6 is 0 Å². The third-order valence-corrected chi connectivity index (χ3v) is 3.17. The lowest BCUT2D eigenvalue weighted by Crippen LogP contribution is -2.34. The first-order chi connectivity index (χ1) is 10.1. The van der Waals surface area contributed by atoms with Crippen LogP contribution in [0.3, 0.4) is 0 Å². The average molecular weight is 282 g/mol. The SMILES string of the molecule is C#CCC(CC)NC(=O)c1ccn(-c2ccc(N)cc2)n1. The molecule has 1 heterocycles. The number of rotatable bonds is 5. The summed E-state index contributed by atoms with van der Waals surface area (Å²) in [6, 6.07) is 8.92. The lowest BCUT2D eigenvalue weighted by atomic mass is 10.1. The molecule has 0 fully saturated rings. The second kappa shape index (κ2) is 6.62. The molecule has 1 atom stereocenters. The van der Waals surface area contributed by atoms with Gasteiger partial charge in [0.25, 0.3) is 5.91 Å². The highest BCUT2D eigenvalue weighted by Crippen LogP contribution is 2.11. The Morgan fingerprint density at radius 3 is 2.76 bits per heavy atom. The van der Waals surface area contributed by atoms with Crippen molar-refractivity contribution in [3.8, 4) is 18.0 Å². The van der Waals surface area contributed by atoms with Crippen LogP contribution in [-0.4, -0.2) is 21.7 Å². The van der Waals surface area contributed by atoms with Crippen molar-refractivity contribution in [3.05, 3.63) is 42.2 Å². The van der Waals surface area contributed by atoms with Crippen molar-refractivity contribution < 1.29 is 4.79 Å². The Bertz CT molecular complexity index is 652. The van der Waals surface area contributed by atoms with Gasteiger partial charge >= 0.3 is 0 Å². The fourth-order valence-electron chi connectivity index (χ4n) is 1.91. The Morgan fingerprint density at radius 2 is 2.14 bits per heavy atom. The third-order valence-electron chi connectivity index (χ3n) is 3.17. The number of amides is 1. The zero-order chi connectivity index (χ0) is 15.2. The summed E-state index contributed by atoms with van der Waals surface area (Å²) < 4.78 is 1.64. The molecule has 0 aliphatic heterocycles. The Morgan fingerprint density at radius 1 is 1.43 bits per heavy atom. The van der Waals surface area contributed by atoms with Gasteiger partial charge in [0.05, 0.1) is 5.69 Å². The van der Waals surface area contributed by atoms with Crippen LogP contribution in [0.15, 0.2) is 36.5 Å². The van der Waals surface area contributed by atoms with E-state index < -0.39 is 0 Å². The van der Waals surface area contributed by atoms with E-state index >= 15 is 0 Å². The fraction of sp³-hybridized carbons (Fsp3) is 0.250. The number of anilines is 1. The lowest BCUT2D eigenvalue weighted by molar-refractivity contribution is 0.0931. The van der Waals surface area contributed by atoms with Crippen molar-refractivity contribution in [3.63, 3.8) is 0 Å². The molecule has 3 N–H and O–H groups in total. The Hall–Kier alpha value is -2.74. The van der Waals surface area contributed by atoms with Crippen LogP contribution in [0.2, 0.25) is 0 Å². The number of nitrogen functional groups attached to an aromatic ring is 1. The highest BCUT2D eigenvalue weighted by molar-refractivity contribution is 5.92. The first-order valence-corrected chi connectivity index (χ1v) is 6.80.